The van der Waals surface area contributed by atoms with E-state index in [4.69, 9.17) is 29.5 Å². The number of nitriles is 2. The zero-order chi connectivity index (χ0) is 52.9. The van der Waals surface area contributed by atoms with Gasteiger partial charge in [0.2, 0.25) is 23.6 Å². The first-order valence-corrected chi connectivity index (χ1v) is 21.8. The molecule has 4 N–H and O–H groups in total. The highest BCUT2D eigenvalue weighted by Crippen LogP contribution is 2.73. The number of hydrogen-bond donors (Lipinski definition) is 4. The molecule has 0 aromatic heterocycles. The lowest BCUT2D eigenvalue weighted by molar-refractivity contribution is -0.167. The minimum atomic E-state index is -4.96. The molecule has 72 heavy (non-hydrogen) atoms. The molecule has 12 atom stereocenters. The summed E-state index contributed by atoms with van der Waals surface area (Å²) in [7, 11) is 0. The zero-order valence-electron chi connectivity index (χ0n) is 37.1. The molecule has 8 aliphatic rings. The van der Waals surface area contributed by atoms with Crippen LogP contribution < -0.4 is 20.4 Å². The number of aliphatic hydroxyl groups is 2. The predicted octanol–water partition coefficient (Wildman–Crippen LogP) is 4.49. The minimum absolute atomic E-state index is 0.0371. The first-order chi connectivity index (χ1) is 33.2. The van der Waals surface area contributed by atoms with Crippen LogP contribution in [0.4, 0.5) is 64.1 Å². The smallest absolute Gasteiger partial charge is 0.390 e. The van der Waals surface area contributed by atoms with Gasteiger partial charge in [-0.05, 0) is 50.2 Å². The Kier molecular flexibility index (Phi) is 11.3. The number of rotatable bonds is 6. The molecule has 2 spiro atoms. The Balaban J connectivity index is 0.000000178. The van der Waals surface area contributed by atoms with Crippen molar-refractivity contribution in [2.45, 2.75) is 111 Å². The number of nitrogens with one attached hydrogen (secondary N) is 2. The maximum Gasteiger partial charge on any atom is 0.417 e. The normalized spacial score (nSPS) is 37.1. The molecular weight excluding hydrogens is 1000 g/mol. The van der Waals surface area contributed by atoms with E-state index in [2.05, 4.69) is 0 Å². The number of amides is 4. The highest BCUT2D eigenvalue weighted by molar-refractivity contribution is 6.17. The number of aliphatic hydroxyl groups excluding tert-OH is 2. The standard InChI is InChI=1S/2C22H19F6N3O5/c2*1-18-13(32)7-19(36-18)4-5-35-15-14(19)21(18,16(33)30-9-20(23,24)25)17(34)31(15)11-3-2-10(8-29)12(6-11)22(26,27)28/h2*2-3,6,13-15,32H,4-5,7,9H2,1H3,(H,30,33)/t2*13-,14+,15+,18-,19+,21+/m10/s1. The molecule has 8 saturated heterocycles. The summed E-state index contributed by atoms with van der Waals surface area (Å²) in [5.74, 6) is -7.45. The van der Waals surface area contributed by atoms with Crippen molar-refractivity contribution in [3.05, 3.63) is 58.7 Å². The van der Waals surface area contributed by atoms with E-state index < -0.39 is 153 Å². The number of nitrogens with zero attached hydrogens (tertiary/aromatic N) is 4. The number of fused-ring (bicyclic) bond motifs is 4. The van der Waals surface area contributed by atoms with Crippen LogP contribution in [0.5, 0.6) is 0 Å². The molecule has 0 unspecified atom stereocenters. The van der Waals surface area contributed by atoms with Crippen LogP contribution in [0.25, 0.3) is 0 Å². The van der Waals surface area contributed by atoms with E-state index in [0.29, 0.717) is 12.1 Å². The fourth-order valence-electron chi connectivity index (χ4n) is 12.9. The summed E-state index contributed by atoms with van der Waals surface area (Å²) in [5, 5.41) is 43.3. The topological polar surface area (TPSA) is 224 Å². The van der Waals surface area contributed by atoms with Gasteiger partial charge in [-0.2, -0.15) is 63.2 Å². The number of anilines is 2. The second kappa shape index (κ2) is 15.9. The summed E-state index contributed by atoms with van der Waals surface area (Å²) in [6, 6.07) is 7.83. The first kappa shape index (κ1) is 51.1. The summed E-state index contributed by atoms with van der Waals surface area (Å²) in [6.07, 6.45) is -25.0. The molecule has 388 valence electrons. The van der Waals surface area contributed by atoms with E-state index in [0.717, 1.165) is 34.1 Å². The van der Waals surface area contributed by atoms with E-state index >= 15 is 0 Å². The van der Waals surface area contributed by atoms with Crippen molar-refractivity contribution < 1.29 is 101 Å². The maximum atomic E-state index is 14.0. The Morgan fingerprint density at radius 1 is 0.653 bits per heavy atom. The van der Waals surface area contributed by atoms with Gasteiger partial charge in [-0.25, -0.2) is 0 Å². The van der Waals surface area contributed by atoms with Crippen molar-refractivity contribution in [1.29, 1.82) is 10.5 Å². The van der Waals surface area contributed by atoms with Crippen LogP contribution in [0.3, 0.4) is 0 Å². The summed E-state index contributed by atoms with van der Waals surface area (Å²) in [5.41, 5.74) is -16.2. The molecule has 0 aliphatic carbocycles. The van der Waals surface area contributed by atoms with E-state index in [1.807, 2.05) is 0 Å². The third kappa shape index (κ3) is 6.80. The average Bonchev–Trinajstić information content (AvgIpc) is 4.03. The molecule has 8 aliphatic heterocycles. The van der Waals surface area contributed by atoms with Crippen LogP contribution in [0.1, 0.15) is 61.8 Å². The number of hydrogen-bond acceptors (Lipinski definition) is 12. The molecular formula is C44H38F12N6O10. The molecule has 16 nitrogen and oxygen atoms in total. The average molecular weight is 1040 g/mol. The minimum Gasteiger partial charge on any atom is -0.390 e. The largest absolute Gasteiger partial charge is 0.417 e. The van der Waals surface area contributed by atoms with Crippen LogP contribution in [0.2, 0.25) is 0 Å². The molecule has 8 fully saturated rings. The van der Waals surface area contributed by atoms with Crippen LogP contribution in [0.15, 0.2) is 36.4 Å². The van der Waals surface area contributed by atoms with Gasteiger partial charge in [0.25, 0.3) is 0 Å². The highest BCUT2D eigenvalue weighted by atomic mass is 19.4. The molecule has 2 aromatic rings. The van der Waals surface area contributed by atoms with E-state index in [1.54, 1.807) is 10.6 Å². The van der Waals surface area contributed by atoms with Crippen molar-refractivity contribution in [2.24, 2.45) is 22.7 Å². The number of halogens is 12. The van der Waals surface area contributed by atoms with Crippen LogP contribution in [-0.2, 0) is 50.5 Å². The van der Waals surface area contributed by atoms with Gasteiger partial charge >= 0.3 is 24.7 Å². The fraction of sp³-hybridized carbons (Fsp3) is 0.591. The van der Waals surface area contributed by atoms with Gasteiger partial charge < -0.3 is 39.8 Å². The Morgan fingerprint density at radius 2 is 1.00 bits per heavy atom. The lowest BCUT2D eigenvalue weighted by Crippen LogP contribution is -2.66. The number of carbonyl (C=O) groups excluding carboxylic acids is 4. The molecule has 10 rings (SSSR count). The second-order valence-corrected chi connectivity index (χ2v) is 19.2. The zero-order valence-corrected chi connectivity index (χ0v) is 37.1. The number of alkyl halides is 12. The lowest BCUT2D eigenvalue weighted by Gasteiger charge is -2.45. The van der Waals surface area contributed by atoms with E-state index in [9.17, 15) is 82.1 Å². The molecule has 2 aromatic carbocycles. The Hall–Kier alpha value is -5.78. The first-order valence-electron chi connectivity index (χ1n) is 21.8. The van der Waals surface area contributed by atoms with E-state index in [1.165, 1.54) is 26.0 Å². The maximum absolute atomic E-state index is 14.0. The number of benzene rings is 2. The summed E-state index contributed by atoms with van der Waals surface area (Å²) < 4.78 is 183. The molecule has 8 heterocycles. The Morgan fingerprint density at radius 3 is 1.31 bits per heavy atom. The van der Waals surface area contributed by atoms with Gasteiger partial charge in [0.15, 0.2) is 10.8 Å². The third-order valence-electron chi connectivity index (χ3n) is 15.7. The van der Waals surface area contributed by atoms with Gasteiger partial charge in [0, 0.05) is 37.1 Å². The Labute approximate surface area is 397 Å². The monoisotopic (exact) mass is 1040 g/mol. The van der Waals surface area contributed by atoms with Crippen LogP contribution >= 0.6 is 0 Å². The summed E-state index contributed by atoms with van der Waals surface area (Å²) in [4.78, 5) is 56.6. The summed E-state index contributed by atoms with van der Waals surface area (Å²) >= 11 is 0. The van der Waals surface area contributed by atoms with Gasteiger partial charge in [-0.1, -0.05) is 0 Å². The van der Waals surface area contributed by atoms with Crippen LogP contribution in [-0.4, -0.2) is 120 Å². The van der Waals surface area contributed by atoms with Crippen molar-refractivity contribution >= 4 is 35.0 Å². The number of ether oxygens (including phenoxy) is 4. The molecule has 28 heteroatoms. The lowest BCUT2D eigenvalue weighted by atomic mass is 9.55. The van der Waals surface area contributed by atoms with Gasteiger partial charge in [0.05, 0.1) is 82.9 Å². The van der Waals surface area contributed by atoms with Gasteiger partial charge in [0.1, 0.15) is 36.7 Å². The third-order valence-corrected chi connectivity index (χ3v) is 15.7. The Bertz CT molecular complexity index is 2580. The quantitative estimate of drug-likeness (QED) is 0.232. The molecule has 4 amide bonds. The highest BCUT2D eigenvalue weighted by Gasteiger charge is 2.89. The van der Waals surface area contributed by atoms with Crippen molar-refractivity contribution in [3.8, 4) is 12.1 Å². The van der Waals surface area contributed by atoms with Gasteiger partial charge in [-0.3, -0.25) is 29.0 Å². The molecule has 4 bridgehead atoms. The fourth-order valence-corrected chi connectivity index (χ4v) is 12.9. The van der Waals surface area contributed by atoms with Crippen molar-refractivity contribution in [1.82, 2.24) is 10.6 Å². The predicted molar refractivity (Wildman–Crippen MR) is 212 cm³/mol. The second-order valence-electron chi connectivity index (χ2n) is 19.2. The molecule has 0 radical (unpaired) electrons. The van der Waals surface area contributed by atoms with Crippen LogP contribution in [0, 0.1) is 45.3 Å². The van der Waals surface area contributed by atoms with E-state index in [-0.39, 0.29) is 50.3 Å². The van der Waals surface area contributed by atoms with Crippen molar-refractivity contribution in [2.75, 3.05) is 36.1 Å². The molecule has 0 saturated carbocycles. The summed E-state index contributed by atoms with van der Waals surface area (Å²) in [6.45, 7) is -1.14. The van der Waals surface area contributed by atoms with Crippen molar-refractivity contribution in [3.63, 3.8) is 0 Å². The SMILES string of the molecule is C[C@@]12O[C@]3(CCO[C@@H]4[C@H]3[C@@]1(C(=O)NCC(F)(F)F)C(=O)N4c1ccc(C#N)c(C(F)(F)F)c1)C[C@@H]2O.C[C@]12O[C@@]3(CCO[C@H]4[C@@H]3[C@]1(C(=O)NCC(F)(F)F)C(=O)N4c1ccc(C#N)c(C(F)(F)F)c1)C[C@H]2O. The van der Waals surface area contributed by atoms with Gasteiger partial charge in [-0.15, -0.1) is 0 Å². The number of carbonyl (C=O) groups is 4.